The average molecular weight is 316 g/mol. The molecule has 0 radical (unpaired) electrons. The zero-order valence-corrected chi connectivity index (χ0v) is 13.3. The minimum Gasteiger partial charge on any atom is -0.369 e. The Kier molecular flexibility index (Phi) is 4.37. The summed E-state index contributed by atoms with van der Waals surface area (Å²) in [5.41, 5.74) is 6.00. The second kappa shape index (κ2) is 6.29. The van der Waals surface area contributed by atoms with Crippen LogP contribution in [-0.4, -0.2) is 29.8 Å². The van der Waals surface area contributed by atoms with Crippen molar-refractivity contribution in [2.45, 2.75) is 38.6 Å². The Hall–Kier alpha value is -1.92. The number of hydrogen-bond donors (Lipinski definition) is 2. The first-order valence-electron chi connectivity index (χ1n) is 8.23. The molecule has 1 aromatic carbocycles. The van der Waals surface area contributed by atoms with Gasteiger partial charge in [-0.25, -0.2) is 10.9 Å². The number of amides is 2. The molecule has 1 saturated carbocycles. The van der Waals surface area contributed by atoms with E-state index in [1.54, 1.807) is 6.07 Å². The van der Waals surface area contributed by atoms with E-state index in [9.17, 15) is 9.59 Å². The molecule has 3 rings (SSSR count). The van der Waals surface area contributed by atoms with Crippen molar-refractivity contribution in [2.24, 2.45) is 17.0 Å². The Labute approximate surface area is 136 Å². The van der Waals surface area contributed by atoms with Crippen LogP contribution in [0.3, 0.4) is 0 Å². The highest BCUT2D eigenvalue weighted by Crippen LogP contribution is 2.47. The number of likely N-dealkylation sites (tertiary alicyclic amines) is 1. The number of anilines is 1. The Morgan fingerprint density at radius 3 is 2.48 bits per heavy atom. The molecule has 6 nitrogen and oxygen atoms in total. The summed E-state index contributed by atoms with van der Waals surface area (Å²) in [5, 5.41) is 1.08. The first kappa shape index (κ1) is 16.0. The molecule has 0 unspecified atom stereocenters. The van der Waals surface area contributed by atoms with Crippen LogP contribution < -0.4 is 16.6 Å². The van der Waals surface area contributed by atoms with Gasteiger partial charge in [0.15, 0.2) is 0 Å². The normalized spacial score (nSPS) is 20.0. The molecule has 2 aliphatic rings. The summed E-state index contributed by atoms with van der Waals surface area (Å²) >= 11 is 0. The smallest absolute Gasteiger partial charge is 0.256 e. The number of primary amides is 1. The van der Waals surface area contributed by atoms with Crippen LogP contribution in [-0.2, 0) is 16.1 Å². The topological polar surface area (TPSA) is 92.7 Å². The molecule has 1 saturated heterocycles. The average Bonchev–Trinajstić information content (AvgIpc) is 3.36. The largest absolute Gasteiger partial charge is 0.369 e. The highest BCUT2D eigenvalue weighted by atomic mass is 16.2. The van der Waals surface area contributed by atoms with Crippen molar-refractivity contribution in [3.05, 3.63) is 29.8 Å². The van der Waals surface area contributed by atoms with Gasteiger partial charge in [0.2, 0.25) is 5.91 Å². The second-order valence-corrected chi connectivity index (χ2v) is 6.63. The van der Waals surface area contributed by atoms with Gasteiger partial charge in [-0.3, -0.25) is 14.5 Å². The zero-order chi connectivity index (χ0) is 16.4. The van der Waals surface area contributed by atoms with E-state index >= 15 is 0 Å². The van der Waals surface area contributed by atoms with Crippen LogP contribution in [0.2, 0.25) is 0 Å². The lowest BCUT2D eigenvalue weighted by Crippen LogP contribution is -2.47. The summed E-state index contributed by atoms with van der Waals surface area (Å²) in [6.07, 6.45) is 4.76. The summed E-state index contributed by atoms with van der Waals surface area (Å²) < 4.78 is 0. The molecule has 6 heteroatoms. The quantitative estimate of drug-likeness (QED) is 0.369. The van der Waals surface area contributed by atoms with Gasteiger partial charge >= 0.3 is 0 Å². The maximum Gasteiger partial charge on any atom is 0.256 e. The van der Waals surface area contributed by atoms with Gasteiger partial charge in [-0.2, -0.15) is 0 Å². The summed E-state index contributed by atoms with van der Waals surface area (Å²) in [7, 11) is 0. The Morgan fingerprint density at radius 2 is 1.87 bits per heavy atom. The maximum absolute atomic E-state index is 12.5. The first-order chi connectivity index (χ1) is 11.0. The molecule has 2 amide bonds. The van der Waals surface area contributed by atoms with Crippen LogP contribution in [0.15, 0.2) is 24.3 Å². The number of nitrogens with two attached hydrogens (primary N) is 2. The van der Waals surface area contributed by atoms with Gasteiger partial charge in [0.25, 0.3) is 5.91 Å². The molecule has 4 N–H and O–H groups in total. The second-order valence-electron chi connectivity index (χ2n) is 6.63. The third-order valence-corrected chi connectivity index (χ3v) is 4.89. The van der Waals surface area contributed by atoms with E-state index in [0.717, 1.165) is 30.2 Å². The fraction of sp³-hybridized carbons (Fsp3) is 0.529. The number of rotatable bonds is 5. The maximum atomic E-state index is 12.5. The Morgan fingerprint density at radius 1 is 1.17 bits per heavy atom. The molecule has 0 atom stereocenters. The number of piperidine rings is 1. The van der Waals surface area contributed by atoms with Gasteiger partial charge in [0.1, 0.15) is 5.41 Å². The van der Waals surface area contributed by atoms with Gasteiger partial charge < -0.3 is 5.73 Å². The van der Waals surface area contributed by atoms with E-state index in [-0.39, 0.29) is 0 Å². The molecule has 1 aliphatic heterocycles. The highest BCUT2D eigenvalue weighted by Gasteiger charge is 2.57. The van der Waals surface area contributed by atoms with Crippen molar-refractivity contribution < 1.29 is 9.59 Å². The summed E-state index contributed by atoms with van der Waals surface area (Å²) in [5.74, 6) is 4.98. The molecule has 1 aliphatic carbocycles. The number of nitrogens with zero attached hydrogens (tertiary/aromatic N) is 2. The van der Waals surface area contributed by atoms with E-state index in [2.05, 4.69) is 4.90 Å². The van der Waals surface area contributed by atoms with Crippen LogP contribution in [0.25, 0.3) is 0 Å². The van der Waals surface area contributed by atoms with Gasteiger partial charge in [0.05, 0.1) is 5.69 Å². The number of carbonyl (C=O) groups excluding carboxylic acids is 2. The highest BCUT2D eigenvalue weighted by molar-refractivity contribution is 6.13. The lowest BCUT2D eigenvalue weighted by Gasteiger charge is -2.27. The van der Waals surface area contributed by atoms with E-state index < -0.39 is 17.2 Å². The fourth-order valence-electron chi connectivity index (χ4n) is 3.22. The van der Waals surface area contributed by atoms with Crippen molar-refractivity contribution >= 4 is 17.5 Å². The first-order valence-corrected chi connectivity index (χ1v) is 8.23. The monoisotopic (exact) mass is 316 g/mol. The van der Waals surface area contributed by atoms with Crippen LogP contribution in [0.1, 0.15) is 37.7 Å². The van der Waals surface area contributed by atoms with Crippen LogP contribution in [0, 0.1) is 5.41 Å². The minimum atomic E-state index is -1.09. The summed E-state index contributed by atoms with van der Waals surface area (Å²) in [4.78, 5) is 26.4. The van der Waals surface area contributed by atoms with Gasteiger partial charge in [-0.1, -0.05) is 18.6 Å². The summed E-state index contributed by atoms with van der Waals surface area (Å²) in [6, 6.07) is 7.64. The van der Waals surface area contributed by atoms with Crippen molar-refractivity contribution in [1.29, 1.82) is 0 Å². The van der Waals surface area contributed by atoms with Crippen molar-refractivity contribution in [1.82, 2.24) is 4.90 Å². The fourth-order valence-corrected chi connectivity index (χ4v) is 3.22. The molecular formula is C17H24N4O2. The minimum absolute atomic E-state index is 0.403. The molecule has 1 heterocycles. The predicted octanol–water partition coefficient (Wildman–Crippen LogP) is 1.14. The molecule has 0 aromatic heterocycles. The molecule has 2 fully saturated rings. The van der Waals surface area contributed by atoms with E-state index in [4.69, 9.17) is 11.6 Å². The van der Waals surface area contributed by atoms with E-state index in [1.807, 2.05) is 18.2 Å². The third kappa shape index (κ3) is 3.23. The van der Waals surface area contributed by atoms with Crippen molar-refractivity contribution in [3.63, 3.8) is 0 Å². The van der Waals surface area contributed by atoms with Crippen LogP contribution in [0.4, 0.5) is 5.69 Å². The van der Waals surface area contributed by atoms with E-state index in [0.29, 0.717) is 18.5 Å². The molecule has 23 heavy (non-hydrogen) atoms. The van der Waals surface area contributed by atoms with Crippen molar-refractivity contribution in [2.75, 3.05) is 18.1 Å². The Balaban J connectivity index is 1.71. The number of benzene rings is 1. The van der Waals surface area contributed by atoms with E-state index in [1.165, 1.54) is 19.3 Å². The van der Waals surface area contributed by atoms with Gasteiger partial charge in [0, 0.05) is 6.54 Å². The number of carbonyl (C=O) groups is 2. The van der Waals surface area contributed by atoms with Crippen molar-refractivity contribution in [3.8, 4) is 0 Å². The predicted molar refractivity (Wildman–Crippen MR) is 88.1 cm³/mol. The summed E-state index contributed by atoms with van der Waals surface area (Å²) in [6.45, 7) is 3.08. The molecular weight excluding hydrogens is 292 g/mol. The lowest BCUT2D eigenvalue weighted by molar-refractivity contribution is -0.133. The van der Waals surface area contributed by atoms with Gasteiger partial charge in [-0.15, -0.1) is 0 Å². The lowest BCUT2D eigenvalue weighted by atomic mass is 10.0. The van der Waals surface area contributed by atoms with Crippen LogP contribution in [0.5, 0.6) is 0 Å². The van der Waals surface area contributed by atoms with Crippen LogP contribution >= 0.6 is 0 Å². The standard InChI is InChI=1S/C17H24N4O2/c18-15(22)17(7-8-17)16(23)21(19)14-6-4-5-13(11-14)12-20-9-2-1-3-10-20/h4-6,11H,1-3,7-10,12,19H2,(H2,18,22). The number of hydrogen-bond acceptors (Lipinski definition) is 4. The number of hydrazine groups is 1. The molecule has 0 bridgehead atoms. The third-order valence-electron chi connectivity index (χ3n) is 4.89. The SMILES string of the molecule is NC(=O)C1(C(=O)N(N)c2cccc(CN3CCCCC3)c2)CC1. The zero-order valence-electron chi connectivity index (χ0n) is 13.3. The molecule has 0 spiro atoms. The Bertz CT molecular complexity index is 606. The molecule has 1 aromatic rings. The molecule has 124 valence electrons. The van der Waals surface area contributed by atoms with Gasteiger partial charge in [-0.05, 0) is 56.5 Å².